The highest BCUT2D eigenvalue weighted by Gasteiger charge is 2.13. The summed E-state index contributed by atoms with van der Waals surface area (Å²) >= 11 is 1.58. The predicted molar refractivity (Wildman–Crippen MR) is 101 cm³/mol. The highest BCUT2D eigenvalue weighted by Crippen LogP contribution is 2.26. The Kier molecular flexibility index (Phi) is 6.51. The van der Waals surface area contributed by atoms with Crippen molar-refractivity contribution in [3.8, 4) is 5.75 Å². The maximum atomic E-state index is 10.8. The van der Waals surface area contributed by atoms with Crippen molar-refractivity contribution in [2.75, 3.05) is 12.4 Å². The third-order valence-electron chi connectivity index (χ3n) is 3.71. The van der Waals surface area contributed by atoms with Gasteiger partial charge in [0.1, 0.15) is 12.4 Å². The number of hydrogen-bond acceptors (Lipinski definition) is 4. The number of benzene rings is 2. The Morgan fingerprint density at radius 1 is 1.08 bits per heavy atom. The molecule has 5 heteroatoms. The third kappa shape index (κ3) is 6.11. The molecule has 0 bridgehead atoms. The molecule has 2 aromatic rings. The van der Waals surface area contributed by atoms with Crippen molar-refractivity contribution < 1.29 is 19.7 Å². The van der Waals surface area contributed by atoms with Gasteiger partial charge < -0.3 is 14.9 Å². The topological polar surface area (TPSA) is 66.8 Å². The molecule has 134 valence electrons. The largest absolute Gasteiger partial charge is 0.491 e. The van der Waals surface area contributed by atoms with Crippen molar-refractivity contribution in [1.29, 1.82) is 0 Å². The fourth-order valence-electron chi connectivity index (χ4n) is 2.18. The van der Waals surface area contributed by atoms with Crippen molar-refractivity contribution in [2.45, 2.75) is 37.2 Å². The number of aromatic carboxylic acids is 1. The number of aliphatic hydroxyl groups is 1. The van der Waals surface area contributed by atoms with E-state index in [1.807, 2.05) is 0 Å². The van der Waals surface area contributed by atoms with Crippen LogP contribution >= 0.6 is 11.8 Å². The minimum absolute atomic E-state index is 0.132. The number of hydrogen-bond donors (Lipinski definition) is 2. The summed E-state index contributed by atoms with van der Waals surface area (Å²) in [6.45, 7) is 6.71. The second-order valence-corrected chi connectivity index (χ2v) is 7.97. The molecule has 0 radical (unpaired) electrons. The molecule has 0 amide bonds. The van der Waals surface area contributed by atoms with Gasteiger partial charge in [-0.1, -0.05) is 32.9 Å². The zero-order valence-electron chi connectivity index (χ0n) is 14.7. The molecular formula is C20H24O4S. The highest BCUT2D eigenvalue weighted by molar-refractivity contribution is 7.99. The predicted octanol–water partition coefficient (Wildman–Crippen LogP) is 4.21. The van der Waals surface area contributed by atoms with Gasteiger partial charge in [0.05, 0.1) is 11.7 Å². The van der Waals surface area contributed by atoms with E-state index in [-0.39, 0.29) is 17.6 Å². The number of carboxylic acid groups (broad SMARTS) is 1. The van der Waals surface area contributed by atoms with Crippen molar-refractivity contribution in [3.05, 3.63) is 59.7 Å². The van der Waals surface area contributed by atoms with Crippen LogP contribution < -0.4 is 4.74 Å². The second kappa shape index (κ2) is 8.41. The molecular weight excluding hydrogens is 336 g/mol. The van der Waals surface area contributed by atoms with Gasteiger partial charge in [-0.05, 0) is 47.4 Å². The van der Waals surface area contributed by atoms with E-state index in [2.05, 4.69) is 45.0 Å². The lowest BCUT2D eigenvalue weighted by molar-refractivity contribution is 0.0696. The minimum atomic E-state index is -0.972. The van der Waals surface area contributed by atoms with Gasteiger partial charge >= 0.3 is 5.97 Å². The van der Waals surface area contributed by atoms with Crippen molar-refractivity contribution in [1.82, 2.24) is 0 Å². The normalized spacial score (nSPS) is 12.6. The lowest BCUT2D eigenvalue weighted by Gasteiger charge is -2.19. The lowest BCUT2D eigenvalue weighted by Crippen LogP contribution is -2.20. The van der Waals surface area contributed by atoms with Crippen LogP contribution in [0.1, 0.15) is 36.7 Å². The molecule has 2 N–H and O–H groups in total. The van der Waals surface area contributed by atoms with Crippen LogP contribution in [0.15, 0.2) is 53.4 Å². The molecule has 0 aromatic heterocycles. The van der Waals surface area contributed by atoms with Crippen LogP contribution in [0.5, 0.6) is 5.75 Å². The molecule has 4 nitrogen and oxygen atoms in total. The first-order valence-corrected chi connectivity index (χ1v) is 9.12. The average molecular weight is 360 g/mol. The summed E-state index contributed by atoms with van der Waals surface area (Å²) in [6, 6.07) is 14.5. The Bertz CT molecular complexity index is 687. The molecule has 2 aromatic carbocycles. The summed E-state index contributed by atoms with van der Waals surface area (Å²) in [5.74, 6) is 0.103. The van der Waals surface area contributed by atoms with Gasteiger partial charge in [-0.3, -0.25) is 0 Å². The Morgan fingerprint density at radius 2 is 1.68 bits per heavy atom. The molecule has 0 aliphatic rings. The number of carboxylic acids is 1. The van der Waals surface area contributed by atoms with Crippen molar-refractivity contribution in [3.63, 3.8) is 0 Å². The molecule has 1 atom stereocenters. The first-order chi connectivity index (χ1) is 11.8. The number of thioether (sulfide) groups is 1. The smallest absolute Gasteiger partial charge is 0.335 e. The first kappa shape index (κ1) is 19.3. The first-order valence-electron chi connectivity index (χ1n) is 8.13. The van der Waals surface area contributed by atoms with Crippen molar-refractivity contribution >= 4 is 17.7 Å². The van der Waals surface area contributed by atoms with E-state index in [1.54, 1.807) is 23.9 Å². The van der Waals surface area contributed by atoms with Crippen LogP contribution in [0.2, 0.25) is 0 Å². The van der Waals surface area contributed by atoms with Crippen LogP contribution in [-0.2, 0) is 5.41 Å². The fourth-order valence-corrected chi connectivity index (χ4v) is 2.99. The average Bonchev–Trinajstić information content (AvgIpc) is 2.58. The quantitative estimate of drug-likeness (QED) is 0.724. The second-order valence-electron chi connectivity index (χ2n) is 6.88. The van der Waals surface area contributed by atoms with E-state index < -0.39 is 12.1 Å². The van der Waals surface area contributed by atoms with E-state index in [0.29, 0.717) is 11.5 Å². The number of ether oxygens (including phenoxy) is 1. The minimum Gasteiger partial charge on any atom is -0.491 e. The zero-order chi connectivity index (χ0) is 18.4. The number of rotatable bonds is 7. The van der Waals surface area contributed by atoms with Crippen LogP contribution in [0.25, 0.3) is 0 Å². The van der Waals surface area contributed by atoms with Gasteiger partial charge in [-0.2, -0.15) is 0 Å². The summed E-state index contributed by atoms with van der Waals surface area (Å²) in [6.07, 6.45) is -0.605. The van der Waals surface area contributed by atoms with Gasteiger partial charge in [-0.15, -0.1) is 11.8 Å². The Labute approximate surface area is 152 Å². The summed E-state index contributed by atoms with van der Waals surface area (Å²) < 4.78 is 5.50. The molecule has 0 aliphatic carbocycles. The summed E-state index contributed by atoms with van der Waals surface area (Å²) in [5, 5.41) is 18.9. The van der Waals surface area contributed by atoms with Crippen LogP contribution in [0.4, 0.5) is 0 Å². The molecule has 2 rings (SSSR count). The van der Waals surface area contributed by atoms with E-state index in [1.165, 1.54) is 17.7 Å². The van der Waals surface area contributed by atoms with Crippen LogP contribution in [0, 0.1) is 0 Å². The molecule has 1 unspecified atom stereocenters. The van der Waals surface area contributed by atoms with Gasteiger partial charge in [0.15, 0.2) is 0 Å². The van der Waals surface area contributed by atoms with E-state index >= 15 is 0 Å². The molecule has 0 spiro atoms. The van der Waals surface area contributed by atoms with E-state index in [9.17, 15) is 9.90 Å². The van der Waals surface area contributed by atoms with Crippen LogP contribution in [-0.4, -0.2) is 34.6 Å². The van der Waals surface area contributed by atoms with E-state index in [0.717, 1.165) is 4.90 Å². The summed E-state index contributed by atoms with van der Waals surface area (Å²) in [4.78, 5) is 11.9. The molecule has 0 saturated carbocycles. The van der Waals surface area contributed by atoms with Crippen LogP contribution in [0.3, 0.4) is 0 Å². The van der Waals surface area contributed by atoms with Gasteiger partial charge in [0.25, 0.3) is 0 Å². The lowest BCUT2D eigenvalue weighted by atomic mass is 9.87. The standard InChI is InChI=1S/C20H24O4S/c1-20(2,3)15-6-10-18(11-7-15)25-13-16(21)12-24-17-8-4-14(5-9-17)19(22)23/h4-11,16,21H,12-13H2,1-3H3,(H,22,23). The van der Waals surface area contributed by atoms with Gasteiger partial charge in [0.2, 0.25) is 0 Å². The molecule has 0 aliphatic heterocycles. The van der Waals surface area contributed by atoms with Crippen molar-refractivity contribution in [2.24, 2.45) is 0 Å². The zero-order valence-corrected chi connectivity index (χ0v) is 15.5. The third-order valence-corrected chi connectivity index (χ3v) is 4.86. The number of carbonyl (C=O) groups is 1. The fraction of sp³-hybridized carbons (Fsp3) is 0.350. The summed E-state index contributed by atoms with van der Waals surface area (Å²) in [5.41, 5.74) is 1.62. The molecule has 0 saturated heterocycles. The summed E-state index contributed by atoms with van der Waals surface area (Å²) in [7, 11) is 0. The van der Waals surface area contributed by atoms with Gasteiger partial charge in [-0.25, -0.2) is 4.79 Å². The maximum Gasteiger partial charge on any atom is 0.335 e. The number of aliphatic hydroxyl groups excluding tert-OH is 1. The molecule has 0 heterocycles. The molecule has 0 fully saturated rings. The Balaban J connectivity index is 1.78. The highest BCUT2D eigenvalue weighted by atomic mass is 32.2. The van der Waals surface area contributed by atoms with E-state index in [4.69, 9.17) is 9.84 Å². The Morgan fingerprint density at radius 3 is 2.20 bits per heavy atom. The monoisotopic (exact) mass is 360 g/mol. The van der Waals surface area contributed by atoms with Gasteiger partial charge in [0, 0.05) is 10.6 Å². The Hall–Kier alpha value is -1.98. The molecule has 25 heavy (non-hydrogen) atoms. The SMILES string of the molecule is CC(C)(C)c1ccc(SCC(O)COc2ccc(C(=O)O)cc2)cc1. The maximum absolute atomic E-state index is 10.8.